The van der Waals surface area contributed by atoms with E-state index in [0.29, 0.717) is 18.2 Å². The van der Waals surface area contributed by atoms with Gasteiger partial charge in [-0.25, -0.2) is 9.71 Å². The van der Waals surface area contributed by atoms with Gasteiger partial charge in [0.1, 0.15) is 0 Å². The topological polar surface area (TPSA) is 126 Å². The fraction of sp³-hybridized carbons (Fsp3) is 0.455. The van der Waals surface area contributed by atoms with Gasteiger partial charge in [-0.3, -0.25) is 5.10 Å². The average molecular weight is 309 g/mol. The Bertz CT molecular complexity index is 724. The molecule has 0 aliphatic heterocycles. The molecule has 0 spiro atoms. The summed E-state index contributed by atoms with van der Waals surface area (Å²) >= 11 is 0. The maximum atomic E-state index is 12.4. The number of rotatable bonds is 6. The number of aryl methyl sites for hydroxylation is 1. The molecule has 0 aromatic carbocycles. The predicted molar refractivity (Wildman–Crippen MR) is 73.8 cm³/mol. The molecule has 112 valence electrons. The number of aromatic nitrogens is 5. The van der Waals surface area contributed by atoms with Crippen molar-refractivity contribution in [2.24, 2.45) is 0 Å². The lowest BCUT2D eigenvalue weighted by molar-refractivity contribution is 0.592. The van der Waals surface area contributed by atoms with E-state index in [1.54, 1.807) is 6.92 Å². The first-order valence-electron chi connectivity index (χ1n) is 6.50. The number of sulfonamides is 1. The monoisotopic (exact) mass is 309 g/mol. The number of nitrogens with one attached hydrogen (secondary N) is 3. The molecule has 0 atom stereocenters. The minimum Gasteiger partial charge on any atom is -0.310 e. The highest BCUT2D eigenvalue weighted by atomic mass is 32.2. The highest BCUT2D eigenvalue weighted by molar-refractivity contribution is 7.92. The SMILES string of the molecule is Cc1[nH]nc(S(=O)(=O)Nc2nccnn2)c1CNC1CC1. The van der Waals surface area contributed by atoms with Gasteiger partial charge in [0, 0.05) is 23.8 Å². The summed E-state index contributed by atoms with van der Waals surface area (Å²) in [4.78, 5) is 3.79. The van der Waals surface area contributed by atoms with Crippen LogP contribution in [0.3, 0.4) is 0 Å². The van der Waals surface area contributed by atoms with Crippen LogP contribution in [0.5, 0.6) is 0 Å². The van der Waals surface area contributed by atoms with Gasteiger partial charge in [-0.05, 0) is 19.8 Å². The summed E-state index contributed by atoms with van der Waals surface area (Å²) in [5, 5.41) is 17.0. The molecule has 1 saturated carbocycles. The first-order chi connectivity index (χ1) is 10.1. The smallest absolute Gasteiger partial charge is 0.283 e. The normalized spacial score (nSPS) is 15.1. The van der Waals surface area contributed by atoms with Crippen LogP contribution in [0.2, 0.25) is 0 Å². The molecule has 0 unspecified atom stereocenters. The second kappa shape index (κ2) is 5.37. The van der Waals surface area contributed by atoms with E-state index in [2.05, 4.69) is 35.4 Å². The molecule has 1 fully saturated rings. The summed E-state index contributed by atoms with van der Waals surface area (Å²) in [5.41, 5.74) is 1.34. The van der Waals surface area contributed by atoms with Crippen molar-refractivity contribution in [2.75, 3.05) is 4.72 Å². The zero-order chi connectivity index (χ0) is 14.9. The molecule has 2 heterocycles. The fourth-order valence-electron chi connectivity index (χ4n) is 1.86. The van der Waals surface area contributed by atoms with E-state index >= 15 is 0 Å². The Balaban J connectivity index is 1.84. The Morgan fingerprint density at radius 3 is 2.86 bits per heavy atom. The third-order valence-electron chi connectivity index (χ3n) is 3.14. The van der Waals surface area contributed by atoms with Crippen molar-refractivity contribution >= 4 is 16.0 Å². The van der Waals surface area contributed by atoms with Crippen LogP contribution < -0.4 is 10.0 Å². The molecular weight excluding hydrogens is 294 g/mol. The second-order valence-corrected chi connectivity index (χ2v) is 6.46. The molecule has 1 aliphatic rings. The molecule has 0 saturated heterocycles. The molecule has 1 aliphatic carbocycles. The van der Waals surface area contributed by atoms with E-state index in [9.17, 15) is 8.42 Å². The van der Waals surface area contributed by atoms with Gasteiger partial charge in [0.15, 0.2) is 0 Å². The maximum Gasteiger partial charge on any atom is 0.283 e. The quantitative estimate of drug-likeness (QED) is 0.683. The number of H-pyrrole nitrogens is 1. The number of anilines is 1. The molecular formula is C11H15N7O2S. The van der Waals surface area contributed by atoms with E-state index in [-0.39, 0.29) is 11.0 Å². The minimum atomic E-state index is -3.85. The van der Waals surface area contributed by atoms with Crippen LogP contribution in [0, 0.1) is 6.92 Å². The van der Waals surface area contributed by atoms with Gasteiger partial charge in [-0.1, -0.05) is 0 Å². The summed E-state index contributed by atoms with van der Waals surface area (Å²) in [7, 11) is -3.85. The van der Waals surface area contributed by atoms with Crippen molar-refractivity contribution in [1.29, 1.82) is 0 Å². The van der Waals surface area contributed by atoms with Gasteiger partial charge in [0.05, 0.1) is 12.4 Å². The van der Waals surface area contributed by atoms with Crippen LogP contribution in [-0.4, -0.2) is 39.8 Å². The number of hydrogen-bond acceptors (Lipinski definition) is 7. The maximum absolute atomic E-state index is 12.4. The van der Waals surface area contributed by atoms with Gasteiger partial charge in [0.25, 0.3) is 16.0 Å². The largest absolute Gasteiger partial charge is 0.310 e. The summed E-state index contributed by atoms with van der Waals surface area (Å²) in [6, 6.07) is 0.476. The van der Waals surface area contributed by atoms with Crippen LogP contribution in [0.1, 0.15) is 24.1 Å². The lowest BCUT2D eigenvalue weighted by Gasteiger charge is -2.07. The molecule has 0 bridgehead atoms. The van der Waals surface area contributed by atoms with Crippen LogP contribution in [0.15, 0.2) is 17.4 Å². The molecule has 2 aromatic rings. The van der Waals surface area contributed by atoms with E-state index in [1.807, 2.05) is 0 Å². The fourth-order valence-corrected chi connectivity index (χ4v) is 3.00. The Labute approximate surface area is 121 Å². The average Bonchev–Trinajstić information content (AvgIpc) is 3.20. The third-order valence-corrected chi connectivity index (χ3v) is 4.44. The molecule has 10 heteroatoms. The van der Waals surface area contributed by atoms with Crippen LogP contribution in [-0.2, 0) is 16.6 Å². The molecule has 9 nitrogen and oxygen atoms in total. The highest BCUT2D eigenvalue weighted by Crippen LogP contribution is 2.22. The van der Waals surface area contributed by atoms with Crippen LogP contribution >= 0.6 is 0 Å². The second-order valence-electron chi connectivity index (χ2n) is 4.86. The Kier molecular flexibility index (Phi) is 3.55. The third kappa shape index (κ3) is 3.16. The number of aromatic amines is 1. The van der Waals surface area contributed by atoms with Crippen molar-refractivity contribution in [3.05, 3.63) is 23.7 Å². The zero-order valence-corrected chi connectivity index (χ0v) is 12.2. The molecule has 3 rings (SSSR count). The molecule has 0 radical (unpaired) electrons. The summed E-state index contributed by atoms with van der Waals surface area (Å²) in [6.45, 7) is 2.24. The Hall–Kier alpha value is -2.07. The minimum absolute atomic E-state index is 0.0411. The first kappa shape index (κ1) is 13.9. The van der Waals surface area contributed by atoms with Crippen molar-refractivity contribution in [2.45, 2.75) is 37.4 Å². The van der Waals surface area contributed by atoms with Crippen molar-refractivity contribution < 1.29 is 8.42 Å². The number of nitrogens with zero attached hydrogens (tertiary/aromatic N) is 4. The number of hydrogen-bond donors (Lipinski definition) is 3. The van der Waals surface area contributed by atoms with Gasteiger partial charge in [0.2, 0.25) is 5.03 Å². The van der Waals surface area contributed by atoms with E-state index in [4.69, 9.17) is 0 Å². The standard InChI is InChI=1S/C11H15N7O2S/c1-7-9(6-13-8-2-3-8)10(16-15-7)21(19,20)18-11-12-4-5-14-17-11/h4-5,8,13H,2-3,6H2,1H3,(H,15,16)(H,12,17,18). The van der Waals surface area contributed by atoms with Crippen molar-refractivity contribution in [3.8, 4) is 0 Å². The van der Waals surface area contributed by atoms with Crippen LogP contribution in [0.25, 0.3) is 0 Å². The van der Waals surface area contributed by atoms with Gasteiger partial charge in [-0.2, -0.15) is 18.6 Å². The molecule has 2 aromatic heterocycles. The van der Waals surface area contributed by atoms with Gasteiger partial charge >= 0.3 is 0 Å². The van der Waals surface area contributed by atoms with E-state index in [0.717, 1.165) is 18.5 Å². The predicted octanol–water partition coefficient (Wildman–Crippen LogP) is -0.0441. The van der Waals surface area contributed by atoms with Crippen molar-refractivity contribution in [3.63, 3.8) is 0 Å². The zero-order valence-electron chi connectivity index (χ0n) is 11.4. The summed E-state index contributed by atoms with van der Waals surface area (Å²) < 4.78 is 27.0. The summed E-state index contributed by atoms with van der Waals surface area (Å²) in [6.07, 6.45) is 4.97. The lowest BCUT2D eigenvalue weighted by Crippen LogP contribution is -2.21. The summed E-state index contributed by atoms with van der Waals surface area (Å²) in [5.74, 6) is -0.0840. The molecule has 21 heavy (non-hydrogen) atoms. The van der Waals surface area contributed by atoms with Gasteiger partial charge in [-0.15, -0.1) is 5.10 Å². The highest BCUT2D eigenvalue weighted by Gasteiger charge is 2.27. The first-order valence-corrected chi connectivity index (χ1v) is 7.98. The van der Waals surface area contributed by atoms with E-state index in [1.165, 1.54) is 12.4 Å². The molecule has 3 N–H and O–H groups in total. The van der Waals surface area contributed by atoms with E-state index < -0.39 is 10.0 Å². The molecule has 0 amide bonds. The van der Waals surface area contributed by atoms with Gasteiger partial charge < -0.3 is 5.32 Å². The van der Waals surface area contributed by atoms with Crippen LogP contribution in [0.4, 0.5) is 5.95 Å². The Morgan fingerprint density at radius 2 is 2.19 bits per heavy atom. The lowest BCUT2D eigenvalue weighted by atomic mass is 10.2. The Morgan fingerprint density at radius 1 is 1.38 bits per heavy atom. The van der Waals surface area contributed by atoms with Crippen molar-refractivity contribution in [1.82, 2.24) is 30.7 Å².